The number of pyridine rings is 2. The number of hydrogen-bond acceptors (Lipinski definition) is 8. The van der Waals surface area contributed by atoms with E-state index < -0.39 is 22.0 Å². The highest BCUT2D eigenvalue weighted by Gasteiger charge is 2.58. The van der Waals surface area contributed by atoms with Crippen molar-refractivity contribution in [2.24, 2.45) is 0 Å². The summed E-state index contributed by atoms with van der Waals surface area (Å²) >= 11 is 0. The molecule has 2 aliphatic rings. The molecule has 2 aromatic heterocycles. The number of ether oxygens (including phenoxy) is 1. The van der Waals surface area contributed by atoms with Crippen LogP contribution in [0.15, 0.2) is 85.2 Å². The smallest absolute Gasteiger partial charge is 0.335 e. The number of nitro groups is 1. The van der Waals surface area contributed by atoms with Crippen molar-refractivity contribution in [1.82, 2.24) is 14.9 Å². The summed E-state index contributed by atoms with van der Waals surface area (Å²) in [6, 6.07) is 19.7. The quantitative estimate of drug-likeness (QED) is 0.204. The van der Waals surface area contributed by atoms with Gasteiger partial charge in [0.15, 0.2) is 0 Å². The van der Waals surface area contributed by atoms with E-state index in [-0.39, 0.29) is 11.3 Å². The lowest BCUT2D eigenvalue weighted by Crippen LogP contribution is -2.58. The zero-order chi connectivity index (χ0) is 30.4. The maximum atomic E-state index is 12.0. The number of nitrogens with zero attached hydrogens (tertiary/aromatic N) is 5. The van der Waals surface area contributed by atoms with E-state index in [9.17, 15) is 20.0 Å². The second kappa shape index (κ2) is 10.6. The van der Waals surface area contributed by atoms with Gasteiger partial charge in [-0.1, -0.05) is 12.1 Å². The second-order valence-corrected chi connectivity index (χ2v) is 11.4. The highest BCUT2D eigenvalue weighted by atomic mass is 16.6. The van der Waals surface area contributed by atoms with Gasteiger partial charge in [0.1, 0.15) is 5.75 Å². The zero-order valence-electron chi connectivity index (χ0n) is 24.1. The Bertz CT molecular complexity index is 1700. The van der Waals surface area contributed by atoms with Crippen molar-refractivity contribution in [3.05, 3.63) is 129 Å². The maximum absolute atomic E-state index is 12.0. The van der Waals surface area contributed by atoms with Gasteiger partial charge in [-0.3, -0.25) is 25.0 Å². The molecule has 0 bridgehead atoms. The standard InChI is InChI=1S/C33H31N5O5/c1-32(2)28-18-23(31(39)40)10-11-29(28)36(3)33(32)13-12-22-16-27(38(41)42)17-24(30(22)43-33)19-37(20-25-8-4-6-14-34-25)21-26-9-5-7-15-35-26/h4-18H,19-21H2,1-3H3,(H,39,40). The number of fused-ring (bicyclic) bond motifs is 2. The fraction of sp³-hybridized carbons (Fsp3) is 0.242. The molecule has 1 N–H and O–H groups in total. The number of benzene rings is 2. The third-order valence-electron chi connectivity index (χ3n) is 8.43. The first-order valence-corrected chi connectivity index (χ1v) is 13.9. The molecular formula is C33H31N5O5. The van der Waals surface area contributed by atoms with Crippen LogP contribution in [0.25, 0.3) is 6.08 Å². The van der Waals surface area contributed by atoms with Crippen LogP contribution < -0.4 is 9.64 Å². The van der Waals surface area contributed by atoms with E-state index >= 15 is 0 Å². The molecule has 0 saturated heterocycles. The molecular weight excluding hydrogens is 546 g/mol. The lowest BCUT2D eigenvalue weighted by Gasteiger charge is -2.46. The summed E-state index contributed by atoms with van der Waals surface area (Å²) < 4.78 is 6.97. The first-order chi connectivity index (χ1) is 20.6. The van der Waals surface area contributed by atoms with E-state index in [0.29, 0.717) is 36.5 Å². The maximum Gasteiger partial charge on any atom is 0.335 e. The summed E-state index contributed by atoms with van der Waals surface area (Å²) in [6.07, 6.45) is 7.28. The number of nitro benzene ring substituents is 1. The molecule has 6 rings (SSSR count). The Kier molecular flexibility index (Phi) is 6.94. The fourth-order valence-corrected chi connectivity index (χ4v) is 6.18. The number of anilines is 1. The van der Waals surface area contributed by atoms with Crippen LogP contribution in [0.3, 0.4) is 0 Å². The Hall–Kier alpha value is -5.09. The van der Waals surface area contributed by atoms with Gasteiger partial charge >= 0.3 is 5.97 Å². The van der Waals surface area contributed by atoms with Crippen LogP contribution in [-0.4, -0.2) is 43.6 Å². The molecule has 4 aromatic rings. The van der Waals surface area contributed by atoms with Gasteiger partial charge in [0.25, 0.3) is 5.69 Å². The molecule has 218 valence electrons. The van der Waals surface area contributed by atoms with Gasteiger partial charge < -0.3 is 14.7 Å². The molecule has 2 aliphatic heterocycles. The highest BCUT2D eigenvalue weighted by Crippen LogP contribution is 2.55. The van der Waals surface area contributed by atoms with Crippen molar-refractivity contribution in [3.8, 4) is 5.75 Å². The number of aromatic nitrogens is 2. The molecule has 0 fully saturated rings. The van der Waals surface area contributed by atoms with E-state index in [1.165, 1.54) is 6.07 Å². The van der Waals surface area contributed by atoms with Crippen molar-refractivity contribution in [2.45, 2.75) is 44.6 Å². The van der Waals surface area contributed by atoms with Crippen molar-refractivity contribution in [3.63, 3.8) is 0 Å². The van der Waals surface area contributed by atoms with Gasteiger partial charge in [-0.25, -0.2) is 4.79 Å². The topological polar surface area (TPSA) is 122 Å². The van der Waals surface area contributed by atoms with Crippen LogP contribution in [-0.2, 0) is 25.0 Å². The largest absolute Gasteiger partial charge is 0.478 e. The lowest BCUT2D eigenvalue weighted by molar-refractivity contribution is -0.385. The Morgan fingerprint density at radius 2 is 1.67 bits per heavy atom. The summed E-state index contributed by atoms with van der Waals surface area (Å²) in [5.74, 6) is -0.450. The van der Waals surface area contributed by atoms with E-state index in [0.717, 1.165) is 22.6 Å². The van der Waals surface area contributed by atoms with E-state index in [2.05, 4.69) is 14.9 Å². The Morgan fingerprint density at radius 3 is 2.26 bits per heavy atom. The number of carbonyl (C=O) groups is 1. The average Bonchev–Trinajstić information content (AvgIpc) is 3.15. The molecule has 1 unspecified atom stereocenters. The first-order valence-electron chi connectivity index (χ1n) is 13.9. The number of carboxylic acid groups (broad SMARTS) is 1. The van der Waals surface area contributed by atoms with Gasteiger partial charge in [-0.15, -0.1) is 0 Å². The molecule has 1 spiro atoms. The monoisotopic (exact) mass is 577 g/mol. The molecule has 0 radical (unpaired) electrons. The molecule has 0 amide bonds. The Labute approximate surface area is 249 Å². The average molecular weight is 578 g/mol. The number of aromatic carboxylic acids is 1. The molecule has 10 heteroatoms. The molecule has 10 nitrogen and oxygen atoms in total. The van der Waals surface area contributed by atoms with E-state index in [1.807, 2.05) is 74.3 Å². The molecule has 2 aromatic carbocycles. The van der Waals surface area contributed by atoms with Crippen LogP contribution >= 0.6 is 0 Å². The predicted octanol–water partition coefficient (Wildman–Crippen LogP) is 5.81. The van der Waals surface area contributed by atoms with Gasteiger partial charge in [-0.05, 0) is 74.0 Å². The summed E-state index contributed by atoms with van der Waals surface area (Å²) in [4.78, 5) is 36.6. The number of hydrogen-bond donors (Lipinski definition) is 1. The summed E-state index contributed by atoms with van der Waals surface area (Å²) in [5, 5.41) is 21.7. The van der Waals surface area contributed by atoms with Crippen LogP contribution in [0.1, 0.15) is 52.3 Å². The summed E-state index contributed by atoms with van der Waals surface area (Å²) in [7, 11) is 1.92. The SMILES string of the molecule is CN1c2ccc(C(=O)O)cc2C(C)(C)C12C=Cc1cc([N+](=O)[O-])cc(CN(Cc3ccccn3)Cc3ccccn3)c1O2. The van der Waals surface area contributed by atoms with Gasteiger partial charge in [0, 0.05) is 68.0 Å². The Balaban J connectivity index is 1.43. The minimum Gasteiger partial charge on any atom is -0.478 e. The first kappa shape index (κ1) is 28.0. The van der Waals surface area contributed by atoms with Crippen molar-refractivity contribution >= 4 is 23.4 Å². The van der Waals surface area contributed by atoms with E-state index in [4.69, 9.17) is 4.74 Å². The van der Waals surface area contributed by atoms with Gasteiger partial charge in [0.05, 0.1) is 27.3 Å². The molecule has 1 atom stereocenters. The van der Waals surface area contributed by atoms with Crippen molar-refractivity contribution in [2.75, 3.05) is 11.9 Å². The molecule has 43 heavy (non-hydrogen) atoms. The number of likely N-dealkylation sites (N-methyl/N-ethyl adjacent to an activating group) is 1. The molecule has 4 heterocycles. The van der Waals surface area contributed by atoms with Crippen LogP contribution in [0.5, 0.6) is 5.75 Å². The molecule has 0 saturated carbocycles. The normalized spacial score (nSPS) is 17.9. The lowest BCUT2D eigenvalue weighted by atomic mass is 9.76. The minimum absolute atomic E-state index is 0.0259. The number of rotatable bonds is 8. The summed E-state index contributed by atoms with van der Waals surface area (Å²) in [6.45, 7) is 5.36. The third kappa shape index (κ3) is 4.89. The second-order valence-electron chi connectivity index (χ2n) is 11.4. The van der Waals surface area contributed by atoms with Crippen LogP contribution in [0.4, 0.5) is 11.4 Å². The van der Waals surface area contributed by atoms with Crippen LogP contribution in [0, 0.1) is 10.1 Å². The molecule has 0 aliphatic carbocycles. The van der Waals surface area contributed by atoms with Crippen LogP contribution in [0.2, 0.25) is 0 Å². The third-order valence-corrected chi connectivity index (χ3v) is 8.43. The number of non-ortho nitro benzene ring substituents is 1. The van der Waals surface area contributed by atoms with Gasteiger partial charge in [-0.2, -0.15) is 0 Å². The van der Waals surface area contributed by atoms with Crippen molar-refractivity contribution in [1.29, 1.82) is 0 Å². The van der Waals surface area contributed by atoms with Crippen molar-refractivity contribution < 1.29 is 19.6 Å². The zero-order valence-corrected chi connectivity index (χ0v) is 24.1. The number of carboxylic acids is 1. The minimum atomic E-state index is -1.00. The van der Waals surface area contributed by atoms with Gasteiger partial charge in [0.2, 0.25) is 5.72 Å². The summed E-state index contributed by atoms with van der Waals surface area (Å²) in [5.41, 5.74) is 3.19. The van der Waals surface area contributed by atoms with E-state index in [1.54, 1.807) is 36.7 Å². The highest BCUT2D eigenvalue weighted by molar-refractivity contribution is 5.89. The fourth-order valence-electron chi connectivity index (χ4n) is 6.18. The predicted molar refractivity (Wildman–Crippen MR) is 162 cm³/mol. The Morgan fingerprint density at radius 1 is 1.00 bits per heavy atom.